The summed E-state index contributed by atoms with van der Waals surface area (Å²) in [5.41, 5.74) is 1.52. The molecule has 0 aliphatic heterocycles. The van der Waals surface area contributed by atoms with Gasteiger partial charge in [-0.2, -0.15) is 0 Å². The van der Waals surface area contributed by atoms with Gasteiger partial charge in [0.2, 0.25) is 5.91 Å². The number of carbonyl (C=O) groups excluding carboxylic acids is 1. The summed E-state index contributed by atoms with van der Waals surface area (Å²) in [6.07, 6.45) is 0. The molecule has 1 unspecified atom stereocenters. The first-order chi connectivity index (χ1) is 10.4. The van der Waals surface area contributed by atoms with Crippen molar-refractivity contribution in [1.29, 1.82) is 0 Å². The Morgan fingerprint density at radius 3 is 2.59 bits per heavy atom. The molecule has 0 aliphatic carbocycles. The molecule has 0 fully saturated rings. The number of aryl methyl sites for hydroxylation is 1. The Bertz CT molecular complexity index is 738. The van der Waals surface area contributed by atoms with E-state index in [0.717, 1.165) is 5.56 Å². The van der Waals surface area contributed by atoms with Gasteiger partial charge < -0.3 is 9.84 Å². The van der Waals surface area contributed by atoms with E-state index in [1.807, 2.05) is 30.3 Å². The standard InChI is InChI=1S/C15H18N2O4S/c1-11-8-14(21-17-11)9-22(19,20)10-15(18)16-12(2)13-6-4-3-5-7-13/h3-8,12H,9-10H2,1-2H3,(H,16,18). The fourth-order valence-corrected chi connectivity index (χ4v) is 3.21. The summed E-state index contributed by atoms with van der Waals surface area (Å²) in [4.78, 5) is 11.9. The number of nitrogens with zero attached hydrogens (tertiary/aromatic N) is 1. The van der Waals surface area contributed by atoms with Gasteiger partial charge in [0, 0.05) is 6.07 Å². The molecule has 1 heterocycles. The molecular weight excluding hydrogens is 304 g/mol. The quantitative estimate of drug-likeness (QED) is 0.875. The van der Waals surface area contributed by atoms with Crippen molar-refractivity contribution < 1.29 is 17.7 Å². The third-order valence-electron chi connectivity index (χ3n) is 3.07. The van der Waals surface area contributed by atoms with Crippen molar-refractivity contribution in [1.82, 2.24) is 10.5 Å². The van der Waals surface area contributed by atoms with Gasteiger partial charge in [0.15, 0.2) is 15.6 Å². The number of aromatic nitrogens is 1. The third kappa shape index (κ3) is 4.70. The minimum absolute atomic E-state index is 0.237. The molecule has 6 nitrogen and oxygen atoms in total. The van der Waals surface area contributed by atoms with Gasteiger partial charge in [-0.05, 0) is 19.4 Å². The van der Waals surface area contributed by atoms with Crippen molar-refractivity contribution in [3.63, 3.8) is 0 Å². The molecule has 0 radical (unpaired) electrons. The first-order valence-corrected chi connectivity index (χ1v) is 8.65. The molecule has 0 saturated heterocycles. The Kier molecular flexibility index (Phi) is 4.97. The molecule has 1 N–H and O–H groups in total. The van der Waals surface area contributed by atoms with Crippen LogP contribution in [0.4, 0.5) is 0 Å². The molecule has 2 aromatic rings. The largest absolute Gasteiger partial charge is 0.360 e. The predicted molar refractivity (Wildman–Crippen MR) is 81.7 cm³/mol. The maximum Gasteiger partial charge on any atom is 0.235 e. The third-order valence-corrected chi connectivity index (χ3v) is 4.49. The highest BCUT2D eigenvalue weighted by molar-refractivity contribution is 7.91. The molecule has 0 spiro atoms. The number of sulfone groups is 1. The van der Waals surface area contributed by atoms with Crippen LogP contribution < -0.4 is 5.32 Å². The Balaban J connectivity index is 1.93. The average Bonchev–Trinajstić information content (AvgIpc) is 2.83. The molecule has 1 amide bonds. The lowest BCUT2D eigenvalue weighted by atomic mass is 10.1. The number of nitrogens with one attached hydrogen (secondary N) is 1. The van der Waals surface area contributed by atoms with Gasteiger partial charge in [-0.3, -0.25) is 4.79 Å². The van der Waals surface area contributed by atoms with E-state index in [9.17, 15) is 13.2 Å². The first kappa shape index (κ1) is 16.2. The van der Waals surface area contributed by atoms with Crippen molar-refractivity contribution in [3.8, 4) is 0 Å². The van der Waals surface area contributed by atoms with Crippen LogP contribution in [0.5, 0.6) is 0 Å². The van der Waals surface area contributed by atoms with Crippen LogP contribution in [-0.2, 0) is 20.4 Å². The van der Waals surface area contributed by atoms with Crippen molar-refractivity contribution in [2.24, 2.45) is 0 Å². The van der Waals surface area contributed by atoms with Crippen molar-refractivity contribution in [3.05, 3.63) is 53.4 Å². The SMILES string of the molecule is Cc1cc(CS(=O)(=O)CC(=O)NC(C)c2ccccc2)on1. The zero-order chi connectivity index (χ0) is 16.2. The number of amides is 1. The zero-order valence-corrected chi connectivity index (χ0v) is 13.3. The monoisotopic (exact) mass is 322 g/mol. The minimum Gasteiger partial charge on any atom is -0.360 e. The summed E-state index contributed by atoms with van der Waals surface area (Å²) in [6, 6.07) is 10.6. The number of carbonyl (C=O) groups is 1. The number of rotatable bonds is 6. The van der Waals surface area contributed by atoms with E-state index in [1.165, 1.54) is 0 Å². The van der Waals surface area contributed by atoms with Gasteiger partial charge >= 0.3 is 0 Å². The molecule has 0 saturated carbocycles. The molecular formula is C15H18N2O4S. The van der Waals surface area contributed by atoms with E-state index < -0.39 is 21.5 Å². The summed E-state index contributed by atoms with van der Waals surface area (Å²) in [6.45, 7) is 3.51. The maximum absolute atomic E-state index is 12.0. The van der Waals surface area contributed by atoms with Crippen LogP contribution in [0, 0.1) is 6.92 Å². The fourth-order valence-electron chi connectivity index (χ4n) is 2.06. The molecule has 7 heteroatoms. The van der Waals surface area contributed by atoms with Crippen LogP contribution in [0.1, 0.15) is 30.0 Å². The molecule has 0 bridgehead atoms. The van der Waals surface area contributed by atoms with E-state index in [4.69, 9.17) is 4.52 Å². The Morgan fingerprint density at radius 1 is 1.32 bits per heavy atom. The van der Waals surface area contributed by atoms with Gasteiger partial charge in [0.25, 0.3) is 0 Å². The topological polar surface area (TPSA) is 89.3 Å². The maximum atomic E-state index is 12.0. The highest BCUT2D eigenvalue weighted by Gasteiger charge is 2.21. The van der Waals surface area contributed by atoms with Crippen LogP contribution in [0.25, 0.3) is 0 Å². The molecule has 2 rings (SSSR count). The minimum atomic E-state index is -3.59. The second-order valence-corrected chi connectivity index (χ2v) is 7.23. The highest BCUT2D eigenvalue weighted by atomic mass is 32.2. The van der Waals surface area contributed by atoms with Crippen LogP contribution in [0.3, 0.4) is 0 Å². The van der Waals surface area contributed by atoms with E-state index in [2.05, 4.69) is 10.5 Å². The van der Waals surface area contributed by atoms with Gasteiger partial charge in [-0.15, -0.1) is 0 Å². The number of hydrogen-bond donors (Lipinski definition) is 1. The summed E-state index contributed by atoms with van der Waals surface area (Å²) < 4.78 is 28.8. The summed E-state index contributed by atoms with van der Waals surface area (Å²) in [5, 5.41) is 6.31. The van der Waals surface area contributed by atoms with Gasteiger partial charge in [0.1, 0.15) is 11.5 Å². The number of hydrogen-bond acceptors (Lipinski definition) is 5. The second kappa shape index (κ2) is 6.74. The fraction of sp³-hybridized carbons (Fsp3) is 0.333. The van der Waals surface area contributed by atoms with Crippen molar-refractivity contribution in [2.45, 2.75) is 25.6 Å². The zero-order valence-electron chi connectivity index (χ0n) is 12.4. The Hall–Kier alpha value is -2.15. The highest BCUT2D eigenvalue weighted by Crippen LogP contribution is 2.12. The summed E-state index contributed by atoms with van der Waals surface area (Å²) in [5.74, 6) is -1.21. The molecule has 0 aliphatic rings. The molecule has 22 heavy (non-hydrogen) atoms. The first-order valence-electron chi connectivity index (χ1n) is 6.82. The summed E-state index contributed by atoms with van der Waals surface area (Å²) >= 11 is 0. The van der Waals surface area contributed by atoms with Crippen LogP contribution >= 0.6 is 0 Å². The van der Waals surface area contributed by atoms with Crippen molar-refractivity contribution in [2.75, 3.05) is 5.75 Å². The molecule has 1 atom stereocenters. The van der Waals surface area contributed by atoms with E-state index in [-0.39, 0.29) is 17.6 Å². The van der Waals surface area contributed by atoms with Gasteiger partial charge in [-0.25, -0.2) is 8.42 Å². The van der Waals surface area contributed by atoms with Gasteiger partial charge in [-0.1, -0.05) is 35.5 Å². The molecule has 1 aromatic heterocycles. The van der Waals surface area contributed by atoms with Crippen LogP contribution in [-0.4, -0.2) is 25.2 Å². The normalized spacial score (nSPS) is 12.8. The van der Waals surface area contributed by atoms with Crippen molar-refractivity contribution >= 4 is 15.7 Å². The average molecular weight is 322 g/mol. The molecule has 118 valence electrons. The van der Waals surface area contributed by atoms with E-state index in [0.29, 0.717) is 5.69 Å². The smallest absolute Gasteiger partial charge is 0.235 e. The molecule has 1 aromatic carbocycles. The van der Waals surface area contributed by atoms with E-state index in [1.54, 1.807) is 19.9 Å². The van der Waals surface area contributed by atoms with Crippen LogP contribution in [0.2, 0.25) is 0 Å². The summed E-state index contributed by atoms with van der Waals surface area (Å²) in [7, 11) is -3.59. The lowest BCUT2D eigenvalue weighted by Gasteiger charge is -2.14. The van der Waals surface area contributed by atoms with E-state index >= 15 is 0 Å². The van der Waals surface area contributed by atoms with Crippen LogP contribution in [0.15, 0.2) is 40.9 Å². The number of benzene rings is 1. The lowest BCUT2D eigenvalue weighted by molar-refractivity contribution is -0.119. The Morgan fingerprint density at radius 2 is 2.00 bits per heavy atom. The Labute approximate surface area is 129 Å². The van der Waals surface area contributed by atoms with Gasteiger partial charge in [0.05, 0.1) is 11.7 Å². The lowest BCUT2D eigenvalue weighted by Crippen LogP contribution is -2.32. The predicted octanol–water partition coefficient (Wildman–Crippen LogP) is 1.78. The second-order valence-electron chi connectivity index (χ2n) is 5.17.